The number of para-hydroxylation sites is 14. The third kappa shape index (κ3) is 19.4. The Labute approximate surface area is 645 Å². The summed E-state index contributed by atoms with van der Waals surface area (Å²) in [5.74, 6) is 0. The molecule has 15 aromatic rings. The molecule has 6 heteroatoms. The summed E-state index contributed by atoms with van der Waals surface area (Å²) in [7, 11) is 0. The van der Waals surface area contributed by atoms with Crippen molar-refractivity contribution in [2.45, 2.75) is 159 Å². The zero-order chi connectivity index (χ0) is 78.4. The summed E-state index contributed by atoms with van der Waals surface area (Å²) in [6.45, 7) is 46.5. The van der Waals surface area contributed by atoms with E-state index in [0.717, 1.165) is 0 Å². The topological polar surface area (TPSA) is 22.8 Å². The Morgan fingerprint density at radius 1 is 0.150 bits per heavy atom. The molecule has 0 saturated carbocycles. The van der Waals surface area contributed by atoms with E-state index in [0.29, 0.717) is 0 Å². The van der Waals surface area contributed by atoms with Crippen LogP contribution in [-0.2, 0) is 0 Å². The molecule has 0 atom stereocenters. The van der Waals surface area contributed by atoms with E-state index >= 15 is 0 Å². The fraction of sp³-hybridized carbons (Fsp3) is 0.228. The monoisotopic (exact) mass is 1420 g/mol. The Hall–Kier alpha value is -11.3. The number of anilines is 12. The van der Waals surface area contributed by atoms with Crippen LogP contribution in [0.1, 0.15) is 155 Å². The SMILES string of the molecule is CC.CC.CC.CC.CC.CC.CC.CC.CC.CC.Cc1cc(-n2c3ccccc3c3ccccc32)cc(-n2c3ccccc3c3ccccc32)c1.Cc1ccc(N2c3ccccc3N(c3ccccc3)c3ccccc32)cc1.Cc1cccc(N2c3ccccc3N(c3ccccc3)c3ccccc32)c1. The number of nitrogens with zero attached hydrogens (tertiary/aromatic N) is 6. The lowest BCUT2D eigenvalue weighted by Crippen LogP contribution is -2.23. The van der Waals surface area contributed by atoms with E-state index in [-0.39, 0.29) is 0 Å². The second-order valence-electron chi connectivity index (χ2n) is 22.4. The molecule has 0 unspecified atom stereocenters. The molecule has 556 valence electrons. The standard InChI is InChI=1S/C31H22N2.2C25H20N2.10C2H6/c1-21-18-22(32-28-14-6-2-10-24(28)25-11-3-7-15-29(25)32)20-23(19-21)33-30-16-8-4-12-26(30)27-13-5-9-17-31(27)33;1-19-10-9-13-21(18-19)27-24-16-7-5-14-22(24)26(20-11-3-2-4-12-20)23-15-6-8-17-25(23)27;1-19-15-17-21(18-16-19)27-24-13-7-5-11-22(24)26(20-9-3-2-4-10-20)23-12-6-8-14-25(23)27;10*1-2/h2-20H,1H3;2*2-18H,1H3;10*1-2H3. The number of hydrogen-bond acceptors (Lipinski definition) is 4. The smallest absolute Gasteiger partial charge is 0.0703 e. The molecule has 0 bridgehead atoms. The quantitative estimate of drug-likeness (QED) is 0.165. The Morgan fingerprint density at radius 2 is 0.364 bits per heavy atom. The van der Waals surface area contributed by atoms with Gasteiger partial charge in [-0.05, 0) is 171 Å². The fourth-order valence-electron chi connectivity index (χ4n) is 13.0. The number of benzene rings is 13. The highest BCUT2D eigenvalue weighted by molar-refractivity contribution is 6.11. The normalized spacial score (nSPS) is 10.5. The molecule has 13 aromatic carbocycles. The van der Waals surface area contributed by atoms with Gasteiger partial charge in [0.15, 0.2) is 0 Å². The van der Waals surface area contributed by atoms with Crippen LogP contribution in [0.5, 0.6) is 0 Å². The van der Waals surface area contributed by atoms with Crippen molar-refractivity contribution in [2.75, 3.05) is 19.6 Å². The van der Waals surface area contributed by atoms with E-state index < -0.39 is 0 Å². The van der Waals surface area contributed by atoms with Gasteiger partial charge in [-0.1, -0.05) is 326 Å². The largest absolute Gasteiger partial charge is 0.309 e. The average Bonchev–Trinajstić information content (AvgIpc) is 1.72. The molecule has 6 nitrogen and oxygen atoms in total. The van der Waals surface area contributed by atoms with Gasteiger partial charge in [0.25, 0.3) is 0 Å². The zero-order valence-corrected chi connectivity index (χ0v) is 68.8. The Balaban J connectivity index is 0.000000258. The van der Waals surface area contributed by atoms with E-state index in [1.54, 1.807) is 0 Å². The predicted molar refractivity (Wildman–Crippen MR) is 482 cm³/mol. The van der Waals surface area contributed by atoms with Gasteiger partial charge < -0.3 is 28.7 Å². The van der Waals surface area contributed by atoms with Crippen LogP contribution in [0, 0.1) is 20.8 Å². The highest BCUT2D eigenvalue weighted by Crippen LogP contribution is 2.55. The number of fused-ring (bicyclic) bond motifs is 10. The van der Waals surface area contributed by atoms with Gasteiger partial charge in [0, 0.05) is 55.7 Å². The summed E-state index contributed by atoms with van der Waals surface area (Å²) < 4.78 is 4.80. The minimum atomic E-state index is 1.17. The number of aryl methyl sites for hydroxylation is 3. The van der Waals surface area contributed by atoms with Crippen LogP contribution in [0.25, 0.3) is 55.0 Å². The first kappa shape index (κ1) is 86.3. The second-order valence-corrected chi connectivity index (χ2v) is 22.4. The van der Waals surface area contributed by atoms with Gasteiger partial charge >= 0.3 is 0 Å². The summed E-state index contributed by atoms with van der Waals surface area (Å²) in [5.41, 5.74) is 25.2. The lowest BCUT2D eigenvalue weighted by atomic mass is 10.0. The van der Waals surface area contributed by atoms with Gasteiger partial charge in [0.05, 0.1) is 67.6 Å². The third-order valence-electron chi connectivity index (χ3n) is 16.8. The van der Waals surface area contributed by atoms with Gasteiger partial charge in [-0.25, -0.2) is 0 Å². The maximum Gasteiger partial charge on any atom is 0.0703 e. The van der Waals surface area contributed by atoms with Crippen LogP contribution >= 0.6 is 0 Å². The van der Waals surface area contributed by atoms with Crippen molar-refractivity contribution >= 4 is 112 Å². The maximum atomic E-state index is 2.40. The van der Waals surface area contributed by atoms with Crippen molar-refractivity contribution in [3.8, 4) is 11.4 Å². The second kappa shape index (κ2) is 45.8. The van der Waals surface area contributed by atoms with E-state index in [4.69, 9.17) is 0 Å². The molecule has 107 heavy (non-hydrogen) atoms. The van der Waals surface area contributed by atoms with Crippen molar-refractivity contribution in [2.24, 2.45) is 0 Å². The molecule has 0 spiro atoms. The lowest BCUT2D eigenvalue weighted by Gasteiger charge is -2.40. The molecule has 17 rings (SSSR count). The molecule has 0 fully saturated rings. The highest BCUT2D eigenvalue weighted by Gasteiger charge is 2.32. The molecule has 0 saturated heterocycles. The summed E-state index contributed by atoms with van der Waals surface area (Å²) >= 11 is 0. The highest BCUT2D eigenvalue weighted by atomic mass is 15.3. The molecular formula is C101H122N6. The van der Waals surface area contributed by atoms with E-state index in [1.165, 1.54) is 140 Å². The van der Waals surface area contributed by atoms with Crippen LogP contribution < -0.4 is 19.6 Å². The molecule has 2 aliphatic rings. The molecule has 0 radical (unpaired) electrons. The number of aromatic nitrogens is 2. The molecule has 2 aromatic heterocycles. The molecule has 0 N–H and O–H groups in total. The van der Waals surface area contributed by atoms with Crippen LogP contribution in [0.3, 0.4) is 0 Å². The Bertz CT molecular complexity index is 4660. The van der Waals surface area contributed by atoms with Gasteiger partial charge in [0.2, 0.25) is 0 Å². The number of hydrogen-bond donors (Lipinski definition) is 0. The van der Waals surface area contributed by atoms with Crippen LogP contribution in [0.15, 0.2) is 322 Å². The van der Waals surface area contributed by atoms with Crippen LogP contribution in [0.4, 0.5) is 68.2 Å². The minimum absolute atomic E-state index is 1.17. The van der Waals surface area contributed by atoms with Gasteiger partial charge in [-0.15, -0.1) is 0 Å². The molecule has 2 aliphatic heterocycles. The first-order valence-electron chi connectivity index (χ1n) is 39.8. The van der Waals surface area contributed by atoms with Crippen LogP contribution in [0.2, 0.25) is 0 Å². The van der Waals surface area contributed by atoms with Crippen molar-refractivity contribution in [1.82, 2.24) is 9.13 Å². The van der Waals surface area contributed by atoms with E-state index in [2.05, 4.69) is 371 Å². The molecular weight excluding hydrogens is 1300 g/mol. The van der Waals surface area contributed by atoms with Crippen molar-refractivity contribution in [3.05, 3.63) is 338 Å². The average molecular weight is 1420 g/mol. The minimum Gasteiger partial charge on any atom is -0.309 e. The van der Waals surface area contributed by atoms with Gasteiger partial charge in [-0.2, -0.15) is 0 Å². The van der Waals surface area contributed by atoms with E-state index in [9.17, 15) is 0 Å². The van der Waals surface area contributed by atoms with Crippen molar-refractivity contribution in [3.63, 3.8) is 0 Å². The first-order valence-corrected chi connectivity index (χ1v) is 39.8. The van der Waals surface area contributed by atoms with Gasteiger partial charge in [0.1, 0.15) is 0 Å². The Kier molecular flexibility index (Phi) is 36.9. The Morgan fingerprint density at radius 3 is 0.636 bits per heavy atom. The van der Waals surface area contributed by atoms with Crippen molar-refractivity contribution < 1.29 is 0 Å². The first-order chi connectivity index (χ1) is 52.9. The summed E-state index contributed by atoms with van der Waals surface area (Å²) in [5, 5.41) is 5.14. The van der Waals surface area contributed by atoms with Gasteiger partial charge in [-0.3, -0.25) is 0 Å². The number of rotatable bonds is 6. The summed E-state index contributed by atoms with van der Waals surface area (Å²) in [4.78, 5) is 9.40. The van der Waals surface area contributed by atoms with Crippen LogP contribution in [-0.4, -0.2) is 9.13 Å². The summed E-state index contributed by atoms with van der Waals surface area (Å²) in [6, 6.07) is 115. The third-order valence-corrected chi connectivity index (χ3v) is 16.8. The lowest BCUT2D eigenvalue weighted by molar-refractivity contribution is 1.12. The van der Waals surface area contributed by atoms with Crippen molar-refractivity contribution in [1.29, 1.82) is 0 Å². The van der Waals surface area contributed by atoms with E-state index in [1.807, 2.05) is 138 Å². The summed E-state index contributed by atoms with van der Waals surface area (Å²) in [6.07, 6.45) is 0. The maximum absolute atomic E-state index is 2.40. The predicted octanol–water partition coefficient (Wildman–Crippen LogP) is 32.9. The fourth-order valence-corrected chi connectivity index (χ4v) is 13.0. The molecule has 4 heterocycles. The zero-order valence-electron chi connectivity index (χ0n) is 68.8. The molecule has 0 aliphatic carbocycles. The molecule has 0 amide bonds.